The number of nitrogens with one attached hydrogen (secondary N) is 1. The van der Waals surface area contributed by atoms with Crippen molar-refractivity contribution < 1.29 is 4.39 Å². The number of halogens is 1. The summed E-state index contributed by atoms with van der Waals surface area (Å²) in [6.07, 6.45) is 13.7. The van der Waals surface area contributed by atoms with Crippen molar-refractivity contribution in [2.24, 2.45) is 17.0 Å². The van der Waals surface area contributed by atoms with Gasteiger partial charge in [-0.05, 0) is 62.5 Å². The number of aromatic nitrogens is 2. The number of aryl methyl sites for hydroxylation is 3. The van der Waals surface area contributed by atoms with Gasteiger partial charge >= 0.3 is 0 Å². The molecule has 0 aliphatic carbocycles. The quantitative estimate of drug-likeness (QED) is 0.315. The molecular weight excluding hydrogens is 427 g/mol. The Hall–Kier alpha value is -3.74. The highest BCUT2D eigenvalue weighted by molar-refractivity contribution is 6.10. The monoisotopic (exact) mass is 462 g/mol. The van der Waals surface area contributed by atoms with Crippen LogP contribution in [-0.2, 0) is 7.05 Å². The first-order valence-electron chi connectivity index (χ1n) is 11.2. The topological polar surface area (TPSA) is 57.8 Å². The van der Waals surface area contributed by atoms with Crippen LogP contribution in [0.3, 0.4) is 0 Å². The first-order chi connectivity index (χ1) is 16.3. The van der Waals surface area contributed by atoms with Crippen molar-refractivity contribution >= 4 is 18.1 Å². The van der Waals surface area contributed by atoms with E-state index in [0.717, 1.165) is 34.7 Å². The fourth-order valence-electron chi connectivity index (χ4n) is 3.58. The van der Waals surface area contributed by atoms with Crippen LogP contribution in [0.15, 0.2) is 83.2 Å². The highest BCUT2D eigenvalue weighted by Crippen LogP contribution is 2.25. The van der Waals surface area contributed by atoms with Crippen LogP contribution < -0.4 is 5.32 Å². The summed E-state index contributed by atoms with van der Waals surface area (Å²) in [5.74, 6) is -0.187. The van der Waals surface area contributed by atoms with Crippen LogP contribution in [0.25, 0.3) is 0 Å². The van der Waals surface area contributed by atoms with Gasteiger partial charge < -0.3 is 10.2 Å². The Labute approximate surface area is 202 Å². The van der Waals surface area contributed by atoms with Crippen molar-refractivity contribution in [2.45, 2.75) is 33.2 Å². The predicted molar refractivity (Wildman–Crippen MR) is 142 cm³/mol. The zero-order chi connectivity index (χ0) is 25.1. The molecule has 2 rings (SSSR count). The van der Waals surface area contributed by atoms with Gasteiger partial charge in [0.05, 0.1) is 23.1 Å². The Bertz CT molecular complexity index is 1110. The van der Waals surface area contributed by atoms with E-state index in [4.69, 9.17) is 4.99 Å². The first-order valence-corrected chi connectivity index (χ1v) is 11.2. The third-order valence-corrected chi connectivity index (χ3v) is 5.41. The highest BCUT2D eigenvalue weighted by atomic mass is 19.1. The molecule has 1 atom stereocenters. The minimum absolute atomic E-state index is 0.0392. The molecule has 1 aromatic heterocycles. The average molecular weight is 463 g/mol. The zero-order valence-electron chi connectivity index (χ0n) is 20.8. The molecule has 0 aliphatic rings. The Morgan fingerprint density at radius 1 is 1.32 bits per heavy atom. The van der Waals surface area contributed by atoms with Gasteiger partial charge in [-0.15, -0.1) is 0 Å². The largest absolute Gasteiger partial charge is 0.373 e. The standard InChI is InChI=1S/C27H35FN6/c1-8-10-22(14-16-33(6)27(9-2)23-12-11-20(3)24(28)17-23)25(13-15-29-5)30-19-31-26-18-34(7)32-21(26)4/h8,10-18,27,31H,1,5,9,19H2,2-4,6-7H3/b15-13-,16-14-,22-10?,30-25?. The molecule has 0 amide bonds. The number of rotatable bonds is 12. The Morgan fingerprint density at radius 2 is 2.09 bits per heavy atom. The Balaban J connectivity index is 2.26. The van der Waals surface area contributed by atoms with E-state index < -0.39 is 0 Å². The molecule has 2 aromatic rings. The molecule has 7 heteroatoms. The summed E-state index contributed by atoms with van der Waals surface area (Å²) in [4.78, 5) is 10.6. The lowest BCUT2D eigenvalue weighted by Gasteiger charge is -2.26. The number of anilines is 1. The molecule has 1 N–H and O–H groups in total. The molecule has 1 aromatic carbocycles. The lowest BCUT2D eigenvalue weighted by atomic mass is 10.0. The predicted octanol–water partition coefficient (Wildman–Crippen LogP) is 5.91. The minimum Gasteiger partial charge on any atom is -0.373 e. The van der Waals surface area contributed by atoms with E-state index >= 15 is 0 Å². The van der Waals surface area contributed by atoms with E-state index in [-0.39, 0.29) is 11.9 Å². The molecule has 0 radical (unpaired) electrons. The summed E-state index contributed by atoms with van der Waals surface area (Å²) in [6, 6.07) is 5.46. The highest BCUT2D eigenvalue weighted by Gasteiger charge is 2.14. The molecule has 0 spiro atoms. The van der Waals surface area contributed by atoms with Gasteiger partial charge in [0.15, 0.2) is 0 Å². The SMILES string of the molecule is C=CC=C(/C=C\N(C)C(CC)c1ccc(C)c(F)c1)C(/C=C\N=C)=NCNc1cn(C)nc1C. The molecule has 0 bridgehead atoms. The number of aliphatic imine (C=N–C) groups is 2. The fraction of sp³-hybridized carbons (Fsp3) is 0.296. The third-order valence-electron chi connectivity index (χ3n) is 5.41. The summed E-state index contributed by atoms with van der Waals surface area (Å²) in [5, 5.41) is 7.62. The van der Waals surface area contributed by atoms with Gasteiger partial charge in [0.2, 0.25) is 0 Å². The molecule has 34 heavy (non-hydrogen) atoms. The zero-order valence-corrected chi connectivity index (χ0v) is 20.8. The lowest BCUT2D eigenvalue weighted by molar-refractivity contribution is 0.327. The number of allylic oxidation sites excluding steroid dienone is 5. The van der Waals surface area contributed by atoms with E-state index in [1.54, 1.807) is 36.0 Å². The maximum Gasteiger partial charge on any atom is 0.126 e. The second kappa shape index (κ2) is 13.1. The molecule has 180 valence electrons. The van der Waals surface area contributed by atoms with Crippen LogP contribution in [0.4, 0.5) is 10.1 Å². The van der Waals surface area contributed by atoms with Crippen molar-refractivity contribution in [3.63, 3.8) is 0 Å². The molecule has 6 nitrogen and oxygen atoms in total. The Morgan fingerprint density at radius 3 is 2.68 bits per heavy atom. The molecule has 0 saturated heterocycles. The minimum atomic E-state index is -0.187. The normalized spacial score (nSPS) is 13.5. The third kappa shape index (κ3) is 7.40. The van der Waals surface area contributed by atoms with Gasteiger partial charge in [0.1, 0.15) is 12.5 Å². The van der Waals surface area contributed by atoms with Gasteiger partial charge in [-0.3, -0.25) is 14.7 Å². The number of nitrogens with zero attached hydrogens (tertiary/aromatic N) is 5. The molecule has 0 saturated carbocycles. The second-order valence-electron chi connectivity index (χ2n) is 7.95. The van der Waals surface area contributed by atoms with Crippen LogP contribution in [-0.4, -0.2) is 40.8 Å². The average Bonchev–Trinajstić information content (AvgIpc) is 3.13. The number of benzene rings is 1. The molecular formula is C27H35FN6. The first kappa shape index (κ1) is 26.5. The molecule has 1 heterocycles. The summed E-state index contributed by atoms with van der Waals surface area (Å²) >= 11 is 0. The molecule has 0 aliphatic heterocycles. The van der Waals surface area contributed by atoms with Gasteiger partial charge in [-0.25, -0.2) is 4.39 Å². The second-order valence-corrected chi connectivity index (χ2v) is 7.95. The molecule has 1 unspecified atom stereocenters. The fourth-order valence-corrected chi connectivity index (χ4v) is 3.58. The summed E-state index contributed by atoms with van der Waals surface area (Å²) in [7, 11) is 3.87. The van der Waals surface area contributed by atoms with Gasteiger partial charge in [0.25, 0.3) is 0 Å². The van der Waals surface area contributed by atoms with E-state index in [1.807, 2.05) is 57.7 Å². The summed E-state index contributed by atoms with van der Waals surface area (Å²) < 4.78 is 15.9. The van der Waals surface area contributed by atoms with Crippen molar-refractivity contribution in [2.75, 3.05) is 19.0 Å². The van der Waals surface area contributed by atoms with Crippen molar-refractivity contribution in [3.8, 4) is 0 Å². The van der Waals surface area contributed by atoms with Crippen LogP contribution in [0, 0.1) is 19.7 Å². The van der Waals surface area contributed by atoms with E-state index in [2.05, 4.69) is 40.5 Å². The van der Waals surface area contributed by atoms with Crippen molar-refractivity contribution in [3.05, 3.63) is 95.9 Å². The molecule has 0 fully saturated rings. The summed E-state index contributed by atoms with van der Waals surface area (Å²) in [5.41, 5.74) is 5.00. The maximum atomic E-state index is 14.1. The van der Waals surface area contributed by atoms with Gasteiger partial charge in [-0.1, -0.05) is 37.8 Å². The van der Waals surface area contributed by atoms with Crippen LogP contribution in [0.1, 0.15) is 36.2 Å². The smallest absolute Gasteiger partial charge is 0.126 e. The lowest BCUT2D eigenvalue weighted by Crippen LogP contribution is -2.19. The van der Waals surface area contributed by atoms with E-state index in [0.29, 0.717) is 12.2 Å². The van der Waals surface area contributed by atoms with Gasteiger partial charge in [-0.2, -0.15) is 5.10 Å². The van der Waals surface area contributed by atoms with Crippen molar-refractivity contribution in [1.29, 1.82) is 0 Å². The summed E-state index contributed by atoms with van der Waals surface area (Å²) in [6.45, 7) is 13.5. The van der Waals surface area contributed by atoms with E-state index in [9.17, 15) is 4.39 Å². The van der Waals surface area contributed by atoms with Crippen LogP contribution >= 0.6 is 0 Å². The van der Waals surface area contributed by atoms with E-state index in [1.165, 1.54) is 0 Å². The van der Waals surface area contributed by atoms with Crippen molar-refractivity contribution in [1.82, 2.24) is 14.7 Å². The number of hydrogen-bond donors (Lipinski definition) is 1. The van der Waals surface area contributed by atoms with Crippen LogP contribution in [0.2, 0.25) is 0 Å². The number of hydrogen-bond acceptors (Lipinski definition) is 5. The Kier molecular flexibility index (Phi) is 10.2. The maximum absolute atomic E-state index is 14.1. The van der Waals surface area contributed by atoms with Gasteiger partial charge in [0, 0.05) is 32.1 Å². The van der Waals surface area contributed by atoms with Crippen LogP contribution in [0.5, 0.6) is 0 Å².